The van der Waals surface area contributed by atoms with Crippen molar-refractivity contribution in [1.82, 2.24) is 19.9 Å². The maximum atomic E-state index is 14.2. The first kappa shape index (κ1) is 13.7. The highest BCUT2D eigenvalue weighted by Gasteiger charge is 2.15. The molecule has 0 saturated heterocycles. The van der Waals surface area contributed by atoms with Gasteiger partial charge < -0.3 is 16.6 Å². The lowest BCUT2D eigenvalue weighted by Crippen LogP contribution is -2.02. The Morgan fingerprint density at radius 3 is 2.45 bits per heavy atom. The molecular weight excluding hydrogens is 287 g/mol. The monoisotopic (exact) mass is 298 g/mol. The van der Waals surface area contributed by atoms with Gasteiger partial charge in [0.2, 0.25) is 5.95 Å². The minimum absolute atomic E-state index is 0.0185. The molecule has 0 saturated carbocycles. The summed E-state index contributed by atoms with van der Waals surface area (Å²) in [5.41, 5.74) is 12.4. The molecule has 0 aliphatic heterocycles. The summed E-state index contributed by atoms with van der Waals surface area (Å²) in [4.78, 5) is 15.8. The largest absolute Gasteiger partial charge is 0.506 e. The predicted molar refractivity (Wildman–Crippen MR) is 78.9 cm³/mol. The summed E-state index contributed by atoms with van der Waals surface area (Å²) in [6.07, 6.45) is 2.69. The highest BCUT2D eigenvalue weighted by molar-refractivity contribution is 5.71. The van der Waals surface area contributed by atoms with Crippen LogP contribution in [0.4, 0.5) is 16.2 Å². The van der Waals surface area contributed by atoms with Gasteiger partial charge in [0.25, 0.3) is 0 Å². The second-order valence-electron chi connectivity index (χ2n) is 4.46. The second kappa shape index (κ2) is 5.24. The van der Waals surface area contributed by atoms with Gasteiger partial charge in [-0.05, 0) is 24.3 Å². The number of anilines is 2. The van der Waals surface area contributed by atoms with Crippen LogP contribution in [0.2, 0.25) is 0 Å². The van der Waals surface area contributed by atoms with Crippen LogP contribution < -0.4 is 11.5 Å². The lowest BCUT2D eigenvalue weighted by atomic mass is 10.1. The van der Waals surface area contributed by atoms with Gasteiger partial charge in [-0.3, -0.25) is 4.98 Å². The third-order valence-corrected chi connectivity index (χ3v) is 2.94. The van der Waals surface area contributed by atoms with Gasteiger partial charge >= 0.3 is 0 Å². The molecule has 3 rings (SSSR count). The first-order valence-corrected chi connectivity index (χ1v) is 6.25. The highest BCUT2D eigenvalue weighted by Crippen LogP contribution is 2.29. The zero-order valence-electron chi connectivity index (χ0n) is 11.2. The first-order chi connectivity index (χ1) is 10.5. The van der Waals surface area contributed by atoms with Crippen molar-refractivity contribution in [3.63, 3.8) is 0 Å². The number of aromatic hydroxyl groups is 1. The van der Waals surface area contributed by atoms with E-state index < -0.39 is 5.82 Å². The molecule has 3 aromatic rings. The number of aromatic nitrogens is 4. The SMILES string of the molecule is Nc1nccc(-c2cc(-c3ccc(O)cn3)c(F)c(N)n2)n1. The number of pyridine rings is 2. The smallest absolute Gasteiger partial charge is 0.220 e. The molecule has 0 unspecified atom stereocenters. The highest BCUT2D eigenvalue weighted by atomic mass is 19.1. The van der Waals surface area contributed by atoms with E-state index in [1.807, 2.05) is 0 Å². The molecule has 0 amide bonds. The van der Waals surface area contributed by atoms with Gasteiger partial charge in [0.1, 0.15) is 5.75 Å². The Morgan fingerprint density at radius 1 is 0.955 bits per heavy atom. The van der Waals surface area contributed by atoms with Gasteiger partial charge in [-0.2, -0.15) is 0 Å². The summed E-state index contributed by atoms with van der Waals surface area (Å²) in [7, 11) is 0. The summed E-state index contributed by atoms with van der Waals surface area (Å²) in [6, 6.07) is 5.93. The maximum absolute atomic E-state index is 14.2. The number of halogens is 1. The van der Waals surface area contributed by atoms with Gasteiger partial charge in [-0.25, -0.2) is 19.3 Å². The van der Waals surface area contributed by atoms with E-state index >= 15 is 0 Å². The van der Waals surface area contributed by atoms with Crippen LogP contribution in [-0.4, -0.2) is 25.0 Å². The Hall–Kier alpha value is -3.29. The number of nitrogens with two attached hydrogens (primary N) is 2. The van der Waals surface area contributed by atoms with E-state index in [1.165, 1.54) is 30.6 Å². The molecule has 0 aliphatic rings. The first-order valence-electron chi connectivity index (χ1n) is 6.25. The number of nitrogen functional groups attached to an aromatic ring is 2. The summed E-state index contributed by atoms with van der Waals surface area (Å²) in [5, 5.41) is 9.27. The average Bonchev–Trinajstić information content (AvgIpc) is 2.51. The van der Waals surface area contributed by atoms with Crippen LogP contribution in [0.15, 0.2) is 36.7 Å². The molecule has 0 bridgehead atoms. The van der Waals surface area contributed by atoms with Crippen LogP contribution in [-0.2, 0) is 0 Å². The summed E-state index contributed by atoms with van der Waals surface area (Å²) < 4.78 is 14.2. The van der Waals surface area contributed by atoms with Gasteiger partial charge in [0.15, 0.2) is 11.6 Å². The summed E-state index contributed by atoms with van der Waals surface area (Å²) in [5.74, 6) is -0.912. The topological polar surface area (TPSA) is 124 Å². The molecule has 0 aliphatic carbocycles. The molecule has 0 aromatic carbocycles. The van der Waals surface area contributed by atoms with Crippen LogP contribution in [0.3, 0.4) is 0 Å². The van der Waals surface area contributed by atoms with E-state index in [1.54, 1.807) is 6.07 Å². The van der Waals surface area contributed by atoms with E-state index in [0.717, 1.165) is 0 Å². The lowest BCUT2D eigenvalue weighted by Gasteiger charge is -2.08. The molecule has 3 aromatic heterocycles. The fraction of sp³-hybridized carbons (Fsp3) is 0. The molecule has 7 nitrogen and oxygen atoms in total. The fourth-order valence-electron chi connectivity index (χ4n) is 1.93. The molecule has 0 spiro atoms. The van der Waals surface area contributed by atoms with Gasteiger partial charge in [0, 0.05) is 11.8 Å². The van der Waals surface area contributed by atoms with Crippen molar-refractivity contribution in [2.24, 2.45) is 0 Å². The molecular formula is C14H11FN6O. The predicted octanol–water partition coefficient (Wildman–Crippen LogP) is 1.61. The van der Waals surface area contributed by atoms with E-state index in [2.05, 4.69) is 19.9 Å². The normalized spacial score (nSPS) is 10.6. The van der Waals surface area contributed by atoms with Crippen molar-refractivity contribution in [3.05, 3.63) is 42.5 Å². The molecule has 0 atom stereocenters. The quantitative estimate of drug-likeness (QED) is 0.656. The van der Waals surface area contributed by atoms with E-state index in [-0.39, 0.29) is 23.1 Å². The van der Waals surface area contributed by atoms with E-state index in [9.17, 15) is 9.50 Å². The average molecular weight is 298 g/mol. The number of hydrogen-bond acceptors (Lipinski definition) is 7. The Kier molecular flexibility index (Phi) is 3.26. The summed E-state index contributed by atoms with van der Waals surface area (Å²) >= 11 is 0. The van der Waals surface area contributed by atoms with Crippen LogP contribution in [0.5, 0.6) is 5.75 Å². The zero-order valence-corrected chi connectivity index (χ0v) is 11.2. The minimum atomic E-state index is -0.691. The number of nitrogens with zero attached hydrogens (tertiary/aromatic N) is 4. The fourth-order valence-corrected chi connectivity index (χ4v) is 1.93. The molecule has 110 valence electrons. The van der Waals surface area contributed by atoms with Crippen LogP contribution >= 0.6 is 0 Å². The van der Waals surface area contributed by atoms with Crippen LogP contribution in [0, 0.1) is 5.82 Å². The Morgan fingerprint density at radius 2 is 1.77 bits per heavy atom. The Balaban J connectivity index is 2.17. The minimum Gasteiger partial charge on any atom is -0.506 e. The second-order valence-corrected chi connectivity index (χ2v) is 4.46. The molecule has 0 radical (unpaired) electrons. The molecule has 22 heavy (non-hydrogen) atoms. The molecule has 0 fully saturated rings. The van der Waals surface area contributed by atoms with Crippen molar-refractivity contribution in [2.75, 3.05) is 11.5 Å². The Labute approximate surface area is 124 Å². The Bertz CT molecular complexity index is 837. The van der Waals surface area contributed by atoms with E-state index in [0.29, 0.717) is 17.1 Å². The maximum Gasteiger partial charge on any atom is 0.220 e. The van der Waals surface area contributed by atoms with Crippen molar-refractivity contribution < 1.29 is 9.50 Å². The van der Waals surface area contributed by atoms with Gasteiger partial charge in [-0.1, -0.05) is 0 Å². The summed E-state index contributed by atoms with van der Waals surface area (Å²) in [6.45, 7) is 0. The van der Waals surface area contributed by atoms with Crippen LogP contribution in [0.1, 0.15) is 0 Å². The van der Waals surface area contributed by atoms with Gasteiger partial charge in [0.05, 0.1) is 23.3 Å². The van der Waals surface area contributed by atoms with Crippen molar-refractivity contribution >= 4 is 11.8 Å². The van der Waals surface area contributed by atoms with Crippen LogP contribution in [0.25, 0.3) is 22.6 Å². The van der Waals surface area contributed by atoms with Crippen molar-refractivity contribution in [3.8, 4) is 28.4 Å². The molecule has 3 heterocycles. The van der Waals surface area contributed by atoms with Gasteiger partial charge in [-0.15, -0.1) is 0 Å². The standard InChI is InChI=1S/C14H11FN6O/c15-12-8(9-2-1-7(22)6-19-9)5-11(20-13(12)16)10-3-4-18-14(17)21-10/h1-6,22H,(H2,16,20)(H2,17,18,21). The number of hydrogen-bond donors (Lipinski definition) is 3. The van der Waals surface area contributed by atoms with Crippen molar-refractivity contribution in [2.45, 2.75) is 0 Å². The lowest BCUT2D eigenvalue weighted by molar-refractivity contribution is 0.473. The third-order valence-electron chi connectivity index (χ3n) is 2.94. The third kappa shape index (κ3) is 2.49. The molecule has 8 heteroatoms. The zero-order chi connectivity index (χ0) is 15.7. The van der Waals surface area contributed by atoms with Crippen molar-refractivity contribution in [1.29, 1.82) is 0 Å². The molecule has 5 N–H and O–H groups in total. The number of rotatable bonds is 2. The van der Waals surface area contributed by atoms with E-state index in [4.69, 9.17) is 11.5 Å².